The van der Waals surface area contributed by atoms with Gasteiger partial charge in [-0.1, -0.05) is 0 Å². The molecule has 1 aliphatic heterocycles. The van der Waals surface area contributed by atoms with Gasteiger partial charge in [0, 0.05) is 6.20 Å². The van der Waals surface area contributed by atoms with E-state index in [-0.39, 0.29) is 12.7 Å². The van der Waals surface area contributed by atoms with Crippen molar-refractivity contribution in [1.82, 2.24) is 4.98 Å². The lowest BCUT2D eigenvalue weighted by Gasteiger charge is -2.23. The zero-order valence-corrected chi connectivity index (χ0v) is 9.92. The SMILES string of the molecule is CS(=O)(=O)O.OCC1COc2cccnc2O1. The van der Waals surface area contributed by atoms with Crippen molar-refractivity contribution in [2.45, 2.75) is 6.10 Å². The fourth-order valence-corrected chi connectivity index (χ4v) is 1.04. The van der Waals surface area contributed by atoms with Crippen LogP contribution in [0.5, 0.6) is 11.6 Å². The van der Waals surface area contributed by atoms with Gasteiger partial charge in [0.2, 0.25) is 0 Å². The maximum Gasteiger partial charge on any atom is 0.261 e. The van der Waals surface area contributed by atoms with Crippen LogP contribution in [0.4, 0.5) is 0 Å². The zero-order chi connectivity index (χ0) is 12.9. The fourth-order valence-electron chi connectivity index (χ4n) is 1.04. The summed E-state index contributed by atoms with van der Waals surface area (Å²) in [5, 5.41) is 8.78. The maximum absolute atomic E-state index is 9.19. The molecule has 0 spiro atoms. The van der Waals surface area contributed by atoms with Crippen molar-refractivity contribution in [3.8, 4) is 11.6 Å². The summed E-state index contributed by atoms with van der Waals surface area (Å²) in [7, 11) is -3.67. The van der Waals surface area contributed by atoms with Gasteiger partial charge in [-0.25, -0.2) is 4.98 Å². The molecule has 0 aliphatic carbocycles. The third-order valence-corrected chi connectivity index (χ3v) is 1.64. The first-order valence-electron chi connectivity index (χ1n) is 4.68. The molecule has 1 unspecified atom stereocenters. The number of aliphatic hydroxyl groups is 1. The molecule has 17 heavy (non-hydrogen) atoms. The van der Waals surface area contributed by atoms with Crippen molar-refractivity contribution in [3.63, 3.8) is 0 Å². The van der Waals surface area contributed by atoms with E-state index >= 15 is 0 Å². The molecule has 0 amide bonds. The van der Waals surface area contributed by atoms with Crippen LogP contribution >= 0.6 is 0 Å². The number of hydrogen-bond acceptors (Lipinski definition) is 6. The van der Waals surface area contributed by atoms with Gasteiger partial charge < -0.3 is 14.6 Å². The number of hydrogen-bond donors (Lipinski definition) is 2. The Morgan fingerprint density at radius 3 is 2.82 bits per heavy atom. The van der Waals surface area contributed by atoms with E-state index in [9.17, 15) is 8.42 Å². The lowest BCUT2D eigenvalue weighted by atomic mass is 10.3. The summed E-state index contributed by atoms with van der Waals surface area (Å²) in [6.07, 6.45) is 2.06. The molecular formula is C9H13NO6S. The Bertz CT molecular complexity index is 452. The first-order valence-corrected chi connectivity index (χ1v) is 6.52. The summed E-state index contributed by atoms with van der Waals surface area (Å²) in [4.78, 5) is 3.96. The lowest BCUT2D eigenvalue weighted by molar-refractivity contribution is 0.0411. The zero-order valence-electron chi connectivity index (χ0n) is 9.11. The third-order valence-electron chi connectivity index (χ3n) is 1.64. The smallest absolute Gasteiger partial charge is 0.261 e. The van der Waals surface area contributed by atoms with E-state index in [2.05, 4.69) is 4.98 Å². The molecule has 2 N–H and O–H groups in total. The molecule has 1 aliphatic rings. The summed E-state index contributed by atoms with van der Waals surface area (Å²) in [6.45, 7) is 0.338. The van der Waals surface area contributed by atoms with Crippen molar-refractivity contribution >= 4 is 10.1 Å². The van der Waals surface area contributed by atoms with Crippen LogP contribution in [0.1, 0.15) is 0 Å². The molecule has 2 rings (SSSR count). The summed E-state index contributed by atoms with van der Waals surface area (Å²) in [5.74, 6) is 1.10. The van der Waals surface area contributed by atoms with Crippen molar-refractivity contribution < 1.29 is 27.6 Å². The average molecular weight is 263 g/mol. The molecule has 2 heterocycles. The maximum atomic E-state index is 9.19. The van der Waals surface area contributed by atoms with Gasteiger partial charge in [0.15, 0.2) is 11.9 Å². The molecule has 1 aromatic heterocycles. The normalized spacial score (nSPS) is 17.9. The first-order chi connectivity index (χ1) is 7.90. The van der Waals surface area contributed by atoms with E-state index in [0.717, 1.165) is 0 Å². The second-order valence-corrected chi connectivity index (χ2v) is 4.74. The van der Waals surface area contributed by atoms with Gasteiger partial charge in [0.25, 0.3) is 16.0 Å². The Kier molecular flexibility index (Phi) is 4.67. The number of aliphatic hydroxyl groups excluding tert-OH is 1. The van der Waals surface area contributed by atoms with Gasteiger partial charge >= 0.3 is 0 Å². The molecule has 7 nitrogen and oxygen atoms in total. The van der Waals surface area contributed by atoms with Gasteiger partial charge in [-0.15, -0.1) is 0 Å². The van der Waals surface area contributed by atoms with Crippen molar-refractivity contribution in [1.29, 1.82) is 0 Å². The Morgan fingerprint density at radius 2 is 2.24 bits per heavy atom. The fraction of sp³-hybridized carbons (Fsp3) is 0.444. The minimum atomic E-state index is -3.67. The van der Waals surface area contributed by atoms with Crippen LogP contribution in [0.2, 0.25) is 0 Å². The minimum absolute atomic E-state index is 0.0456. The first kappa shape index (κ1) is 13.7. The largest absolute Gasteiger partial charge is 0.484 e. The highest BCUT2D eigenvalue weighted by molar-refractivity contribution is 7.85. The molecule has 0 fully saturated rings. The molecule has 96 valence electrons. The Hall–Kier alpha value is -1.38. The molecule has 8 heteroatoms. The molecule has 0 bridgehead atoms. The van der Waals surface area contributed by atoms with E-state index < -0.39 is 10.1 Å². The second-order valence-electron chi connectivity index (χ2n) is 3.27. The van der Waals surface area contributed by atoms with E-state index in [1.807, 2.05) is 0 Å². The molecule has 0 aromatic carbocycles. The van der Waals surface area contributed by atoms with Gasteiger partial charge in [-0.3, -0.25) is 4.55 Å². The number of fused-ring (bicyclic) bond motifs is 1. The quantitative estimate of drug-likeness (QED) is 0.671. The van der Waals surface area contributed by atoms with Crippen molar-refractivity contribution in [2.24, 2.45) is 0 Å². The van der Waals surface area contributed by atoms with E-state index in [1.54, 1.807) is 18.3 Å². The van der Waals surface area contributed by atoms with Crippen LogP contribution in [-0.2, 0) is 10.1 Å². The highest BCUT2D eigenvalue weighted by Crippen LogP contribution is 2.27. The predicted octanol–water partition coefficient (Wildman–Crippen LogP) is -0.282. The number of aromatic nitrogens is 1. The Labute approximate surface area is 98.8 Å². The minimum Gasteiger partial charge on any atom is -0.484 e. The summed E-state index contributed by atoms with van der Waals surface area (Å²) in [5.41, 5.74) is 0. The third kappa shape index (κ3) is 5.48. The average Bonchev–Trinajstić information content (AvgIpc) is 2.26. The summed E-state index contributed by atoms with van der Waals surface area (Å²) in [6, 6.07) is 3.57. The Balaban J connectivity index is 0.000000249. The van der Waals surface area contributed by atoms with Gasteiger partial charge in [0.1, 0.15) is 6.61 Å². The number of pyridine rings is 1. The molecule has 0 radical (unpaired) electrons. The van der Waals surface area contributed by atoms with E-state index in [4.69, 9.17) is 19.1 Å². The summed E-state index contributed by atoms with van der Waals surface area (Å²) < 4.78 is 36.4. The van der Waals surface area contributed by atoms with E-state index in [0.29, 0.717) is 24.5 Å². The van der Waals surface area contributed by atoms with Crippen LogP contribution in [0.15, 0.2) is 18.3 Å². The molecule has 0 saturated heterocycles. The van der Waals surface area contributed by atoms with Gasteiger partial charge in [-0.2, -0.15) is 8.42 Å². The standard InChI is InChI=1S/C8H9NO3.CH4O3S/c10-4-6-5-11-7-2-1-3-9-8(7)12-6;1-5(2,3)4/h1-3,6,10H,4-5H2;1H3,(H,2,3,4). The predicted molar refractivity (Wildman–Crippen MR) is 58.7 cm³/mol. The van der Waals surface area contributed by atoms with Crippen molar-refractivity contribution in [2.75, 3.05) is 19.5 Å². The van der Waals surface area contributed by atoms with Crippen LogP contribution < -0.4 is 9.47 Å². The molecule has 1 aromatic rings. The molecule has 1 atom stereocenters. The van der Waals surface area contributed by atoms with Crippen LogP contribution in [0.25, 0.3) is 0 Å². The summed E-state index contributed by atoms with van der Waals surface area (Å²) >= 11 is 0. The Morgan fingerprint density at radius 1 is 1.59 bits per heavy atom. The van der Waals surface area contributed by atoms with Crippen LogP contribution in [0, 0.1) is 0 Å². The molecular weight excluding hydrogens is 250 g/mol. The number of ether oxygens (including phenoxy) is 2. The number of rotatable bonds is 1. The number of nitrogens with zero attached hydrogens (tertiary/aromatic N) is 1. The van der Waals surface area contributed by atoms with Crippen molar-refractivity contribution in [3.05, 3.63) is 18.3 Å². The highest BCUT2D eigenvalue weighted by Gasteiger charge is 2.20. The lowest BCUT2D eigenvalue weighted by Crippen LogP contribution is -2.32. The van der Waals surface area contributed by atoms with Gasteiger partial charge in [0.05, 0.1) is 12.9 Å². The highest BCUT2D eigenvalue weighted by atomic mass is 32.2. The second kappa shape index (κ2) is 5.80. The van der Waals surface area contributed by atoms with E-state index in [1.165, 1.54) is 0 Å². The topological polar surface area (TPSA) is 106 Å². The molecule has 0 saturated carbocycles. The van der Waals surface area contributed by atoms with Crippen LogP contribution in [-0.4, -0.2) is 48.6 Å². The van der Waals surface area contributed by atoms with Gasteiger partial charge in [-0.05, 0) is 12.1 Å². The van der Waals surface area contributed by atoms with Crippen LogP contribution in [0.3, 0.4) is 0 Å². The monoisotopic (exact) mass is 263 g/mol.